The average Bonchev–Trinajstić information content (AvgIpc) is 2.89. The Kier molecular flexibility index (Phi) is 4.96. The Labute approximate surface area is 124 Å². The molecule has 1 aromatic rings. The van der Waals surface area contributed by atoms with Gasteiger partial charge in [-0.25, -0.2) is 0 Å². The number of carboxylic acids is 1. The molecule has 1 amide bonds. The highest BCUT2D eigenvalue weighted by atomic mass is 16.5. The molecule has 0 aliphatic carbocycles. The van der Waals surface area contributed by atoms with Crippen molar-refractivity contribution in [3.63, 3.8) is 0 Å². The molecule has 0 bridgehead atoms. The van der Waals surface area contributed by atoms with Crippen LogP contribution in [0, 0.1) is 5.41 Å². The molecule has 2 rings (SSSR count). The van der Waals surface area contributed by atoms with Crippen molar-refractivity contribution >= 4 is 11.9 Å². The van der Waals surface area contributed by atoms with Gasteiger partial charge in [0.15, 0.2) is 0 Å². The second kappa shape index (κ2) is 6.72. The minimum atomic E-state index is -0.835. The van der Waals surface area contributed by atoms with E-state index in [0.29, 0.717) is 39.1 Å². The Morgan fingerprint density at radius 3 is 2.67 bits per heavy atom. The number of aliphatic carboxylic acids is 1. The van der Waals surface area contributed by atoms with Gasteiger partial charge >= 0.3 is 5.97 Å². The van der Waals surface area contributed by atoms with Gasteiger partial charge in [-0.05, 0) is 18.9 Å². The molecule has 0 radical (unpaired) electrons. The van der Waals surface area contributed by atoms with Crippen molar-refractivity contribution in [3.05, 3.63) is 35.9 Å². The van der Waals surface area contributed by atoms with Gasteiger partial charge in [0.25, 0.3) is 0 Å². The molecule has 114 valence electrons. The van der Waals surface area contributed by atoms with E-state index < -0.39 is 11.4 Å². The number of carboxylic acid groups (broad SMARTS) is 1. The molecule has 1 fully saturated rings. The molecule has 1 N–H and O–H groups in total. The zero-order valence-corrected chi connectivity index (χ0v) is 12.2. The van der Waals surface area contributed by atoms with Crippen LogP contribution in [0.2, 0.25) is 0 Å². The fraction of sp³-hybridized carbons (Fsp3) is 0.500. The van der Waals surface area contributed by atoms with Gasteiger partial charge in [0, 0.05) is 13.1 Å². The lowest BCUT2D eigenvalue weighted by molar-refractivity contribution is -0.147. The van der Waals surface area contributed by atoms with E-state index in [1.165, 1.54) is 0 Å². The fourth-order valence-electron chi connectivity index (χ4n) is 2.43. The maximum Gasteiger partial charge on any atom is 0.311 e. The third-order valence-corrected chi connectivity index (χ3v) is 3.91. The van der Waals surface area contributed by atoms with Gasteiger partial charge in [0.05, 0.1) is 25.0 Å². The molecule has 1 atom stereocenters. The minimum absolute atomic E-state index is 0.0342. The zero-order valence-electron chi connectivity index (χ0n) is 12.2. The highest BCUT2D eigenvalue weighted by Crippen LogP contribution is 2.30. The first kappa shape index (κ1) is 15.5. The van der Waals surface area contributed by atoms with E-state index in [9.17, 15) is 9.59 Å². The summed E-state index contributed by atoms with van der Waals surface area (Å²) in [6.45, 7) is 3.34. The van der Waals surface area contributed by atoms with Crippen LogP contribution in [-0.4, -0.2) is 41.6 Å². The molecule has 1 heterocycles. The number of carbonyl (C=O) groups excluding carboxylic acids is 1. The summed E-state index contributed by atoms with van der Waals surface area (Å²) in [6, 6.07) is 9.78. The first-order valence-electron chi connectivity index (χ1n) is 7.14. The van der Waals surface area contributed by atoms with Crippen molar-refractivity contribution in [3.8, 4) is 0 Å². The van der Waals surface area contributed by atoms with Crippen LogP contribution >= 0.6 is 0 Å². The van der Waals surface area contributed by atoms with Gasteiger partial charge in [-0.2, -0.15) is 0 Å². The molecule has 0 spiro atoms. The number of ether oxygens (including phenoxy) is 1. The monoisotopic (exact) mass is 291 g/mol. The Morgan fingerprint density at radius 2 is 2.05 bits per heavy atom. The summed E-state index contributed by atoms with van der Waals surface area (Å²) in [5, 5.41) is 9.15. The van der Waals surface area contributed by atoms with E-state index in [1.54, 1.807) is 11.8 Å². The topological polar surface area (TPSA) is 66.8 Å². The molecule has 21 heavy (non-hydrogen) atoms. The predicted molar refractivity (Wildman–Crippen MR) is 77.7 cm³/mol. The van der Waals surface area contributed by atoms with Crippen LogP contribution < -0.4 is 0 Å². The van der Waals surface area contributed by atoms with Crippen LogP contribution in [0.5, 0.6) is 0 Å². The lowest BCUT2D eigenvalue weighted by Crippen LogP contribution is -2.35. The van der Waals surface area contributed by atoms with E-state index >= 15 is 0 Å². The summed E-state index contributed by atoms with van der Waals surface area (Å²) >= 11 is 0. The molecule has 0 unspecified atom stereocenters. The number of nitrogens with zero attached hydrogens (tertiary/aromatic N) is 1. The molecule has 5 heteroatoms. The van der Waals surface area contributed by atoms with Crippen LogP contribution in [0.3, 0.4) is 0 Å². The molecule has 1 saturated heterocycles. The van der Waals surface area contributed by atoms with Gasteiger partial charge in [-0.15, -0.1) is 0 Å². The number of amides is 1. The van der Waals surface area contributed by atoms with Crippen LogP contribution in [0.4, 0.5) is 0 Å². The quantitative estimate of drug-likeness (QED) is 0.813. The van der Waals surface area contributed by atoms with Crippen molar-refractivity contribution in [1.82, 2.24) is 4.90 Å². The largest absolute Gasteiger partial charge is 0.481 e. The Hall–Kier alpha value is -1.88. The van der Waals surface area contributed by atoms with Crippen LogP contribution in [0.1, 0.15) is 25.3 Å². The maximum atomic E-state index is 12.0. The number of hydrogen-bond donors (Lipinski definition) is 1. The number of benzene rings is 1. The molecular weight excluding hydrogens is 270 g/mol. The lowest BCUT2D eigenvalue weighted by atomic mass is 9.90. The summed E-state index contributed by atoms with van der Waals surface area (Å²) in [4.78, 5) is 24.8. The number of hydrogen-bond acceptors (Lipinski definition) is 3. The predicted octanol–water partition coefficient (Wildman–Crippen LogP) is 1.92. The second-order valence-electron chi connectivity index (χ2n) is 5.72. The Balaban J connectivity index is 1.70. The van der Waals surface area contributed by atoms with Crippen LogP contribution in [-0.2, 0) is 20.9 Å². The van der Waals surface area contributed by atoms with Crippen molar-refractivity contribution < 1.29 is 19.4 Å². The Morgan fingerprint density at radius 1 is 1.33 bits per heavy atom. The fourth-order valence-corrected chi connectivity index (χ4v) is 2.43. The van der Waals surface area contributed by atoms with E-state index in [0.717, 1.165) is 5.56 Å². The highest BCUT2D eigenvalue weighted by Gasteiger charge is 2.41. The number of rotatable bonds is 6. The van der Waals surface area contributed by atoms with Gasteiger partial charge < -0.3 is 14.7 Å². The van der Waals surface area contributed by atoms with Crippen LogP contribution in [0.15, 0.2) is 30.3 Å². The molecular formula is C16H21NO4. The average molecular weight is 291 g/mol. The molecule has 0 aromatic heterocycles. The third kappa shape index (κ3) is 4.04. The van der Waals surface area contributed by atoms with Crippen molar-refractivity contribution in [2.24, 2.45) is 5.41 Å². The van der Waals surface area contributed by atoms with Crippen molar-refractivity contribution in [1.29, 1.82) is 0 Å². The summed E-state index contributed by atoms with van der Waals surface area (Å²) < 4.78 is 5.49. The first-order chi connectivity index (χ1) is 10.0. The SMILES string of the molecule is C[C@]1(C(=O)O)CCN(C(=O)CCOCc2ccccc2)C1. The van der Waals surface area contributed by atoms with E-state index in [4.69, 9.17) is 9.84 Å². The van der Waals surface area contributed by atoms with E-state index in [-0.39, 0.29) is 5.91 Å². The summed E-state index contributed by atoms with van der Waals surface area (Å²) in [6.07, 6.45) is 0.807. The summed E-state index contributed by atoms with van der Waals surface area (Å²) in [5.74, 6) is -0.869. The zero-order chi connectivity index (χ0) is 15.3. The van der Waals surface area contributed by atoms with E-state index in [2.05, 4.69) is 0 Å². The highest BCUT2D eigenvalue weighted by molar-refractivity contribution is 5.80. The minimum Gasteiger partial charge on any atom is -0.481 e. The van der Waals surface area contributed by atoms with Crippen molar-refractivity contribution in [2.45, 2.75) is 26.4 Å². The maximum absolute atomic E-state index is 12.0. The normalized spacial score (nSPS) is 21.5. The van der Waals surface area contributed by atoms with Gasteiger partial charge in [-0.1, -0.05) is 30.3 Å². The molecule has 1 aliphatic rings. The van der Waals surface area contributed by atoms with Gasteiger partial charge in [0.2, 0.25) is 5.91 Å². The van der Waals surface area contributed by atoms with Gasteiger partial charge in [-0.3, -0.25) is 9.59 Å². The Bertz CT molecular complexity index is 502. The molecule has 1 aliphatic heterocycles. The van der Waals surface area contributed by atoms with Crippen molar-refractivity contribution in [2.75, 3.05) is 19.7 Å². The lowest BCUT2D eigenvalue weighted by Gasteiger charge is -2.20. The van der Waals surface area contributed by atoms with Crippen LogP contribution in [0.25, 0.3) is 0 Å². The second-order valence-corrected chi connectivity index (χ2v) is 5.72. The summed E-state index contributed by atoms with van der Waals surface area (Å²) in [5.41, 5.74) is 0.269. The number of carbonyl (C=O) groups is 2. The third-order valence-electron chi connectivity index (χ3n) is 3.91. The molecule has 1 aromatic carbocycles. The van der Waals surface area contributed by atoms with Gasteiger partial charge in [0.1, 0.15) is 0 Å². The molecule has 5 nitrogen and oxygen atoms in total. The first-order valence-corrected chi connectivity index (χ1v) is 7.14. The molecule has 0 saturated carbocycles. The smallest absolute Gasteiger partial charge is 0.311 e. The van der Waals surface area contributed by atoms with E-state index in [1.807, 2.05) is 30.3 Å². The standard InChI is InChI=1S/C16H21NO4/c1-16(15(19)20)8-9-17(12-16)14(18)7-10-21-11-13-5-3-2-4-6-13/h2-6H,7-12H2,1H3,(H,19,20)/t16-/m0/s1. The number of likely N-dealkylation sites (tertiary alicyclic amines) is 1. The summed E-state index contributed by atoms with van der Waals surface area (Å²) in [7, 11) is 0.